The molecule has 2 saturated heterocycles. The highest BCUT2D eigenvalue weighted by Gasteiger charge is 2.32. The van der Waals surface area contributed by atoms with Crippen LogP contribution in [0.3, 0.4) is 0 Å². The van der Waals surface area contributed by atoms with Crippen molar-refractivity contribution in [3.8, 4) is 0 Å². The summed E-state index contributed by atoms with van der Waals surface area (Å²) in [5.41, 5.74) is 2.69. The number of halogens is 1. The number of carbonyl (C=O) groups excluding carboxylic acids is 1. The number of aromatic amines is 1. The Hall–Kier alpha value is -1.52. The van der Waals surface area contributed by atoms with E-state index in [1.54, 1.807) is 0 Å². The summed E-state index contributed by atoms with van der Waals surface area (Å²) in [6, 6.07) is 6.27. The van der Waals surface area contributed by atoms with Gasteiger partial charge in [-0.2, -0.15) is 0 Å². The van der Waals surface area contributed by atoms with Crippen molar-refractivity contribution >= 4 is 28.4 Å². The van der Waals surface area contributed by atoms with Gasteiger partial charge in [0.25, 0.3) is 5.91 Å². The van der Waals surface area contributed by atoms with E-state index in [1.807, 2.05) is 30.0 Å². The molecule has 2 aromatic rings. The number of nitrogens with zero attached hydrogens (tertiary/aromatic N) is 2. The summed E-state index contributed by atoms with van der Waals surface area (Å²) < 4.78 is 0. The first-order chi connectivity index (χ1) is 11.1. The van der Waals surface area contributed by atoms with Crippen LogP contribution < -0.4 is 0 Å². The molecule has 1 N–H and O–H groups in total. The molecule has 2 aliphatic heterocycles. The smallest absolute Gasteiger partial charge is 0.270 e. The third kappa shape index (κ3) is 2.64. The second kappa shape index (κ2) is 5.84. The summed E-state index contributed by atoms with van der Waals surface area (Å²) >= 11 is 6.09. The number of rotatable bonds is 1. The highest BCUT2D eigenvalue weighted by Crippen LogP contribution is 2.27. The largest absolute Gasteiger partial charge is 0.350 e. The molecule has 0 spiro atoms. The molecule has 1 atom stereocenters. The summed E-state index contributed by atoms with van der Waals surface area (Å²) in [5.74, 6) is 0.125. The Balaban J connectivity index is 1.60. The number of carbonyl (C=O) groups is 1. The lowest BCUT2D eigenvalue weighted by Crippen LogP contribution is -2.56. The van der Waals surface area contributed by atoms with Crippen LogP contribution in [0.25, 0.3) is 10.9 Å². The van der Waals surface area contributed by atoms with E-state index in [-0.39, 0.29) is 5.91 Å². The molecule has 1 aromatic heterocycles. The summed E-state index contributed by atoms with van der Waals surface area (Å²) in [6.07, 6.45) is 3.80. The van der Waals surface area contributed by atoms with Gasteiger partial charge < -0.3 is 9.88 Å². The highest BCUT2D eigenvalue weighted by atomic mass is 35.5. The Kier molecular flexibility index (Phi) is 3.82. The number of nitrogens with one attached hydrogen (secondary N) is 1. The van der Waals surface area contributed by atoms with Crippen LogP contribution in [0, 0.1) is 6.92 Å². The normalized spacial score (nSPS) is 22.3. The van der Waals surface area contributed by atoms with Gasteiger partial charge in [-0.3, -0.25) is 9.69 Å². The molecule has 4 nitrogen and oxygen atoms in total. The van der Waals surface area contributed by atoms with Crippen molar-refractivity contribution in [1.29, 1.82) is 0 Å². The SMILES string of the molecule is Cc1c(C(=O)N2CCN3CCCC[C@H]3C2)[nH]c2ccc(Cl)cc12. The third-order valence-corrected chi connectivity index (χ3v) is 5.59. The van der Waals surface area contributed by atoms with Crippen LogP contribution in [-0.2, 0) is 0 Å². The van der Waals surface area contributed by atoms with E-state index in [0.717, 1.165) is 36.1 Å². The number of piperazine rings is 1. The minimum absolute atomic E-state index is 0.125. The van der Waals surface area contributed by atoms with Gasteiger partial charge in [0.15, 0.2) is 0 Å². The first kappa shape index (κ1) is 15.0. The first-order valence-corrected chi connectivity index (χ1v) is 8.82. The van der Waals surface area contributed by atoms with Gasteiger partial charge in [0.2, 0.25) is 0 Å². The van der Waals surface area contributed by atoms with Crippen LogP contribution in [0.2, 0.25) is 5.02 Å². The van der Waals surface area contributed by atoms with Crippen molar-refractivity contribution in [3.63, 3.8) is 0 Å². The van der Waals surface area contributed by atoms with Crippen LogP contribution >= 0.6 is 11.6 Å². The summed E-state index contributed by atoms with van der Waals surface area (Å²) in [6.45, 7) is 5.87. The van der Waals surface area contributed by atoms with Gasteiger partial charge >= 0.3 is 0 Å². The van der Waals surface area contributed by atoms with Crippen LogP contribution in [0.1, 0.15) is 35.3 Å². The quantitative estimate of drug-likeness (QED) is 0.869. The molecule has 1 aromatic carbocycles. The standard InChI is InChI=1S/C18H22ClN3O/c1-12-15-10-13(19)5-6-16(15)20-17(12)18(23)22-9-8-21-7-3-2-4-14(21)11-22/h5-6,10,14,20H,2-4,7-9,11H2,1H3/t14-/m0/s1. The molecule has 4 rings (SSSR count). The zero-order valence-electron chi connectivity index (χ0n) is 13.4. The Morgan fingerprint density at radius 1 is 1.26 bits per heavy atom. The number of aryl methyl sites for hydroxylation is 1. The number of aromatic nitrogens is 1. The fourth-order valence-electron chi connectivity index (χ4n) is 4.01. The number of fused-ring (bicyclic) bond motifs is 2. The predicted molar refractivity (Wildman–Crippen MR) is 93.2 cm³/mol. The van der Waals surface area contributed by atoms with E-state index < -0.39 is 0 Å². The number of piperidine rings is 1. The molecular weight excluding hydrogens is 310 g/mol. The molecule has 5 heteroatoms. The first-order valence-electron chi connectivity index (χ1n) is 8.44. The summed E-state index contributed by atoms with van der Waals surface area (Å²) in [5, 5.41) is 1.74. The molecule has 2 aliphatic rings. The second-order valence-corrected chi connectivity index (χ2v) is 7.19. The lowest BCUT2D eigenvalue weighted by molar-refractivity contribution is 0.0368. The third-order valence-electron chi connectivity index (χ3n) is 5.36. The topological polar surface area (TPSA) is 39.3 Å². The summed E-state index contributed by atoms with van der Waals surface area (Å²) in [4.78, 5) is 20.9. The zero-order chi connectivity index (χ0) is 16.0. The maximum atomic E-state index is 13.0. The minimum Gasteiger partial charge on any atom is -0.350 e. The van der Waals surface area contributed by atoms with E-state index in [2.05, 4.69) is 9.88 Å². The molecule has 122 valence electrons. The fourth-order valence-corrected chi connectivity index (χ4v) is 4.18. The maximum absolute atomic E-state index is 13.0. The van der Waals surface area contributed by atoms with Gasteiger partial charge in [-0.1, -0.05) is 18.0 Å². The van der Waals surface area contributed by atoms with Crippen molar-refractivity contribution in [2.45, 2.75) is 32.2 Å². The number of hydrogen-bond donors (Lipinski definition) is 1. The maximum Gasteiger partial charge on any atom is 0.270 e. The molecule has 0 radical (unpaired) electrons. The van der Waals surface area contributed by atoms with Gasteiger partial charge in [-0.05, 0) is 50.1 Å². The molecule has 0 unspecified atom stereocenters. The van der Waals surface area contributed by atoms with E-state index in [1.165, 1.54) is 25.8 Å². The number of H-pyrrole nitrogens is 1. The highest BCUT2D eigenvalue weighted by molar-refractivity contribution is 6.31. The van der Waals surface area contributed by atoms with E-state index in [0.29, 0.717) is 16.8 Å². The minimum atomic E-state index is 0.125. The molecule has 1 amide bonds. The van der Waals surface area contributed by atoms with Gasteiger partial charge in [0.1, 0.15) is 5.69 Å². The Morgan fingerprint density at radius 3 is 3.00 bits per heavy atom. The Labute approximate surface area is 141 Å². The fraction of sp³-hybridized carbons (Fsp3) is 0.500. The molecule has 0 aliphatic carbocycles. The van der Waals surface area contributed by atoms with Gasteiger partial charge in [-0.25, -0.2) is 0 Å². The molecule has 0 bridgehead atoms. The molecule has 0 saturated carbocycles. The number of amides is 1. The second-order valence-electron chi connectivity index (χ2n) is 6.75. The van der Waals surface area contributed by atoms with E-state index in [9.17, 15) is 4.79 Å². The van der Waals surface area contributed by atoms with Crippen molar-refractivity contribution < 1.29 is 4.79 Å². The zero-order valence-corrected chi connectivity index (χ0v) is 14.2. The number of hydrogen-bond acceptors (Lipinski definition) is 2. The lowest BCUT2D eigenvalue weighted by atomic mass is 9.99. The molecule has 3 heterocycles. The predicted octanol–water partition coefficient (Wildman–Crippen LogP) is 3.44. The van der Waals surface area contributed by atoms with Crippen molar-refractivity contribution in [3.05, 3.63) is 34.5 Å². The molecule has 23 heavy (non-hydrogen) atoms. The van der Waals surface area contributed by atoms with Crippen LogP contribution in [0.5, 0.6) is 0 Å². The van der Waals surface area contributed by atoms with Gasteiger partial charge in [0.05, 0.1) is 0 Å². The summed E-state index contributed by atoms with van der Waals surface area (Å²) in [7, 11) is 0. The van der Waals surface area contributed by atoms with Crippen LogP contribution in [-0.4, -0.2) is 52.9 Å². The average molecular weight is 332 g/mol. The molecule has 2 fully saturated rings. The Bertz CT molecular complexity index is 754. The Morgan fingerprint density at radius 2 is 2.13 bits per heavy atom. The van der Waals surface area contributed by atoms with E-state index in [4.69, 9.17) is 11.6 Å². The van der Waals surface area contributed by atoms with Crippen molar-refractivity contribution in [2.75, 3.05) is 26.2 Å². The van der Waals surface area contributed by atoms with Crippen LogP contribution in [0.4, 0.5) is 0 Å². The van der Waals surface area contributed by atoms with Gasteiger partial charge in [0, 0.05) is 41.6 Å². The van der Waals surface area contributed by atoms with E-state index >= 15 is 0 Å². The molecular formula is C18H22ClN3O. The van der Waals surface area contributed by atoms with Crippen LogP contribution in [0.15, 0.2) is 18.2 Å². The monoisotopic (exact) mass is 331 g/mol. The number of benzene rings is 1. The van der Waals surface area contributed by atoms with Gasteiger partial charge in [-0.15, -0.1) is 0 Å². The lowest BCUT2D eigenvalue weighted by Gasteiger charge is -2.44. The average Bonchev–Trinajstić information content (AvgIpc) is 2.90. The van der Waals surface area contributed by atoms with Crippen molar-refractivity contribution in [1.82, 2.24) is 14.8 Å². The van der Waals surface area contributed by atoms with Crippen molar-refractivity contribution in [2.24, 2.45) is 0 Å².